The zero-order valence-electron chi connectivity index (χ0n) is 12.9. The van der Waals surface area contributed by atoms with Crippen LogP contribution >= 0.6 is 0 Å². The van der Waals surface area contributed by atoms with Gasteiger partial charge in [0.1, 0.15) is 0 Å². The second-order valence-electron chi connectivity index (χ2n) is 6.28. The number of amides is 1. The van der Waals surface area contributed by atoms with Gasteiger partial charge in [0.25, 0.3) is 0 Å². The summed E-state index contributed by atoms with van der Waals surface area (Å²) in [7, 11) is 0. The highest BCUT2D eigenvalue weighted by atomic mass is 16.2. The van der Waals surface area contributed by atoms with Crippen LogP contribution in [0, 0.1) is 5.92 Å². The maximum Gasteiger partial charge on any atom is 0.221 e. The highest BCUT2D eigenvalue weighted by Gasteiger charge is 2.47. The SMILES string of the molecule is CCCCN1NC(C)C2C(c3ccccc3)CC(=O)NC21. The average Bonchev–Trinajstić information content (AvgIpc) is 2.81. The van der Waals surface area contributed by atoms with Crippen LogP contribution in [0.4, 0.5) is 0 Å². The standard InChI is InChI=1S/C17H25N3O/c1-3-4-10-20-17-16(12(2)19-20)14(11-15(21)18-17)13-8-6-5-7-9-13/h5-9,12,14,16-17,19H,3-4,10-11H2,1-2H3,(H,18,21). The minimum absolute atomic E-state index is 0.123. The molecule has 1 aromatic rings. The predicted octanol–water partition coefficient (Wildman–Crippen LogP) is 2.24. The summed E-state index contributed by atoms with van der Waals surface area (Å²) in [6.45, 7) is 5.42. The lowest BCUT2D eigenvalue weighted by Gasteiger charge is -2.37. The fourth-order valence-electron chi connectivity index (χ4n) is 3.78. The van der Waals surface area contributed by atoms with Gasteiger partial charge in [0.05, 0.1) is 6.17 Å². The van der Waals surface area contributed by atoms with Crippen molar-refractivity contribution in [2.75, 3.05) is 6.54 Å². The van der Waals surface area contributed by atoms with Crippen molar-refractivity contribution < 1.29 is 4.79 Å². The minimum Gasteiger partial charge on any atom is -0.339 e. The molecule has 4 nitrogen and oxygen atoms in total. The van der Waals surface area contributed by atoms with Crippen LogP contribution in [0.1, 0.15) is 44.6 Å². The first kappa shape index (κ1) is 14.5. The summed E-state index contributed by atoms with van der Waals surface area (Å²) in [6.07, 6.45) is 3.03. The minimum atomic E-state index is 0.123. The fourth-order valence-corrected chi connectivity index (χ4v) is 3.78. The van der Waals surface area contributed by atoms with E-state index in [2.05, 4.69) is 53.9 Å². The number of hydrazine groups is 1. The van der Waals surface area contributed by atoms with Crippen molar-refractivity contribution >= 4 is 5.91 Å². The average molecular weight is 287 g/mol. The Morgan fingerprint density at radius 2 is 2.05 bits per heavy atom. The molecule has 0 aromatic heterocycles. The predicted molar refractivity (Wildman–Crippen MR) is 83.4 cm³/mol. The van der Waals surface area contributed by atoms with Gasteiger partial charge in [0.2, 0.25) is 5.91 Å². The van der Waals surface area contributed by atoms with Gasteiger partial charge in [0, 0.05) is 30.8 Å². The van der Waals surface area contributed by atoms with E-state index in [0.29, 0.717) is 24.3 Å². The molecule has 0 saturated carbocycles. The molecule has 2 heterocycles. The third kappa shape index (κ3) is 2.83. The van der Waals surface area contributed by atoms with Crippen LogP contribution in [0.2, 0.25) is 0 Å². The van der Waals surface area contributed by atoms with E-state index in [4.69, 9.17) is 0 Å². The molecule has 4 unspecified atom stereocenters. The van der Waals surface area contributed by atoms with Crippen molar-refractivity contribution in [3.8, 4) is 0 Å². The number of benzene rings is 1. The van der Waals surface area contributed by atoms with Crippen molar-refractivity contribution in [1.29, 1.82) is 0 Å². The zero-order valence-corrected chi connectivity index (χ0v) is 12.9. The summed E-state index contributed by atoms with van der Waals surface area (Å²) in [6, 6.07) is 10.9. The molecule has 2 N–H and O–H groups in total. The Kier molecular flexibility index (Phi) is 4.27. The molecule has 4 atom stereocenters. The largest absolute Gasteiger partial charge is 0.339 e. The number of fused-ring (bicyclic) bond motifs is 1. The molecule has 2 saturated heterocycles. The van der Waals surface area contributed by atoms with E-state index >= 15 is 0 Å². The second-order valence-corrected chi connectivity index (χ2v) is 6.28. The molecule has 0 spiro atoms. The first-order chi connectivity index (χ1) is 10.2. The van der Waals surface area contributed by atoms with Gasteiger partial charge in [-0.25, -0.2) is 5.01 Å². The summed E-state index contributed by atoms with van der Waals surface area (Å²) in [5, 5.41) is 5.43. The molecule has 0 bridgehead atoms. The first-order valence-electron chi connectivity index (χ1n) is 8.08. The molecule has 114 valence electrons. The lowest BCUT2D eigenvalue weighted by Crippen LogP contribution is -2.54. The molecule has 3 rings (SSSR count). The van der Waals surface area contributed by atoms with Gasteiger partial charge in [-0.2, -0.15) is 0 Å². The van der Waals surface area contributed by atoms with E-state index in [1.807, 2.05) is 6.07 Å². The summed E-state index contributed by atoms with van der Waals surface area (Å²) in [4.78, 5) is 12.1. The normalized spacial score (nSPS) is 32.8. The third-order valence-electron chi connectivity index (χ3n) is 4.81. The van der Waals surface area contributed by atoms with Crippen molar-refractivity contribution in [3.05, 3.63) is 35.9 Å². The van der Waals surface area contributed by atoms with Crippen LogP contribution in [0.15, 0.2) is 30.3 Å². The van der Waals surface area contributed by atoms with Crippen molar-refractivity contribution in [3.63, 3.8) is 0 Å². The van der Waals surface area contributed by atoms with E-state index in [-0.39, 0.29) is 12.1 Å². The van der Waals surface area contributed by atoms with Crippen LogP contribution in [0.5, 0.6) is 0 Å². The molecule has 0 radical (unpaired) electrons. The highest BCUT2D eigenvalue weighted by molar-refractivity contribution is 5.78. The third-order valence-corrected chi connectivity index (χ3v) is 4.81. The van der Waals surface area contributed by atoms with Gasteiger partial charge in [-0.15, -0.1) is 0 Å². The fraction of sp³-hybridized carbons (Fsp3) is 0.588. The Bertz CT molecular complexity index is 490. The molecule has 2 fully saturated rings. The van der Waals surface area contributed by atoms with Crippen LogP contribution in [-0.2, 0) is 4.79 Å². The van der Waals surface area contributed by atoms with Crippen LogP contribution < -0.4 is 10.7 Å². The van der Waals surface area contributed by atoms with E-state index in [1.54, 1.807) is 0 Å². The molecule has 21 heavy (non-hydrogen) atoms. The zero-order chi connectivity index (χ0) is 14.8. The summed E-state index contributed by atoms with van der Waals surface area (Å²) < 4.78 is 0. The number of nitrogens with one attached hydrogen (secondary N) is 2. The Morgan fingerprint density at radius 3 is 2.76 bits per heavy atom. The molecular weight excluding hydrogens is 262 g/mol. The van der Waals surface area contributed by atoms with E-state index in [0.717, 1.165) is 13.0 Å². The first-order valence-corrected chi connectivity index (χ1v) is 8.08. The number of carbonyl (C=O) groups excluding carboxylic acids is 1. The molecule has 1 amide bonds. The molecular formula is C17H25N3O. The number of carbonyl (C=O) groups is 1. The van der Waals surface area contributed by atoms with Gasteiger partial charge in [-0.05, 0) is 18.9 Å². The van der Waals surface area contributed by atoms with Crippen LogP contribution in [-0.4, -0.2) is 29.7 Å². The van der Waals surface area contributed by atoms with Crippen LogP contribution in [0.3, 0.4) is 0 Å². The summed E-state index contributed by atoms with van der Waals surface area (Å²) in [5.41, 5.74) is 4.86. The molecule has 2 aliphatic rings. The number of nitrogens with zero attached hydrogens (tertiary/aromatic N) is 1. The maximum atomic E-state index is 12.1. The van der Waals surface area contributed by atoms with E-state index in [9.17, 15) is 4.79 Å². The molecule has 1 aromatic carbocycles. The molecule has 4 heteroatoms. The smallest absolute Gasteiger partial charge is 0.221 e. The summed E-state index contributed by atoms with van der Waals surface area (Å²) in [5.74, 6) is 0.906. The molecule has 0 aliphatic carbocycles. The Hall–Kier alpha value is -1.39. The van der Waals surface area contributed by atoms with Gasteiger partial charge >= 0.3 is 0 Å². The topological polar surface area (TPSA) is 44.4 Å². The number of piperidine rings is 1. The molecule has 2 aliphatic heterocycles. The lowest BCUT2D eigenvalue weighted by molar-refractivity contribution is -0.126. The van der Waals surface area contributed by atoms with Crippen molar-refractivity contribution in [2.45, 2.75) is 51.2 Å². The van der Waals surface area contributed by atoms with Gasteiger partial charge in [-0.1, -0.05) is 43.7 Å². The van der Waals surface area contributed by atoms with E-state index in [1.165, 1.54) is 12.0 Å². The quantitative estimate of drug-likeness (QED) is 0.892. The Balaban J connectivity index is 1.84. The lowest BCUT2D eigenvalue weighted by atomic mass is 9.76. The Morgan fingerprint density at radius 1 is 1.29 bits per heavy atom. The van der Waals surface area contributed by atoms with Crippen molar-refractivity contribution in [1.82, 2.24) is 15.8 Å². The monoisotopic (exact) mass is 287 g/mol. The van der Waals surface area contributed by atoms with Crippen molar-refractivity contribution in [2.24, 2.45) is 5.92 Å². The van der Waals surface area contributed by atoms with Gasteiger partial charge in [-0.3, -0.25) is 10.2 Å². The number of hydrogen-bond acceptors (Lipinski definition) is 3. The number of hydrogen-bond donors (Lipinski definition) is 2. The Labute approximate surface area is 126 Å². The number of rotatable bonds is 4. The van der Waals surface area contributed by atoms with E-state index < -0.39 is 0 Å². The van der Waals surface area contributed by atoms with Gasteiger partial charge in [0.15, 0.2) is 0 Å². The number of unbranched alkanes of at least 4 members (excludes halogenated alkanes) is 1. The second kappa shape index (κ2) is 6.16. The van der Waals surface area contributed by atoms with Gasteiger partial charge < -0.3 is 5.32 Å². The maximum absolute atomic E-state index is 12.1. The highest BCUT2D eigenvalue weighted by Crippen LogP contribution is 2.39. The summed E-state index contributed by atoms with van der Waals surface area (Å²) >= 11 is 0. The van der Waals surface area contributed by atoms with Crippen LogP contribution in [0.25, 0.3) is 0 Å².